The summed E-state index contributed by atoms with van der Waals surface area (Å²) < 4.78 is 5.17. The van der Waals surface area contributed by atoms with Crippen LogP contribution in [0.15, 0.2) is 24.3 Å². The molecule has 0 bridgehead atoms. The first-order chi connectivity index (χ1) is 14.3. The molecule has 0 spiro atoms. The Hall–Kier alpha value is -2.94. The third kappa shape index (κ3) is 7.14. The normalized spacial score (nSPS) is 16.7. The Morgan fingerprint density at radius 2 is 1.93 bits per heavy atom. The van der Waals surface area contributed by atoms with Crippen molar-refractivity contribution in [1.82, 2.24) is 15.5 Å². The molecule has 3 amide bonds. The average Bonchev–Trinajstić information content (AvgIpc) is 2.69. The third-order valence-corrected chi connectivity index (χ3v) is 4.49. The van der Waals surface area contributed by atoms with Crippen LogP contribution in [-0.4, -0.2) is 67.4 Å². The van der Waals surface area contributed by atoms with Crippen LogP contribution in [0.5, 0.6) is 0 Å². The zero-order chi connectivity index (χ0) is 22.1. The number of amides is 3. The van der Waals surface area contributed by atoms with Gasteiger partial charge in [0.1, 0.15) is 6.04 Å². The number of nitrogens with zero attached hydrogens (tertiary/aromatic N) is 1. The SMILES string of the molecule is CCNC(=O)c1ccc(NC(=O)CN2CCNC(=O)C2CC(=O)OCC(C)C)cc1. The smallest absolute Gasteiger partial charge is 0.307 e. The van der Waals surface area contributed by atoms with Crippen molar-refractivity contribution in [3.63, 3.8) is 0 Å². The quantitative estimate of drug-likeness (QED) is 0.510. The van der Waals surface area contributed by atoms with Crippen molar-refractivity contribution in [2.75, 3.05) is 38.1 Å². The zero-order valence-electron chi connectivity index (χ0n) is 17.7. The fourth-order valence-electron chi connectivity index (χ4n) is 3.00. The van der Waals surface area contributed by atoms with Gasteiger partial charge in [0, 0.05) is 30.9 Å². The number of nitrogens with one attached hydrogen (secondary N) is 3. The molecule has 164 valence electrons. The maximum atomic E-state index is 12.5. The molecule has 1 aliphatic heterocycles. The van der Waals surface area contributed by atoms with Gasteiger partial charge in [-0.15, -0.1) is 0 Å². The maximum absolute atomic E-state index is 12.5. The molecule has 0 radical (unpaired) electrons. The first-order valence-corrected chi connectivity index (χ1v) is 10.2. The van der Waals surface area contributed by atoms with Gasteiger partial charge in [-0.25, -0.2) is 0 Å². The van der Waals surface area contributed by atoms with E-state index in [-0.39, 0.29) is 36.6 Å². The van der Waals surface area contributed by atoms with E-state index >= 15 is 0 Å². The number of ether oxygens (including phenoxy) is 1. The van der Waals surface area contributed by atoms with Crippen molar-refractivity contribution in [1.29, 1.82) is 0 Å². The van der Waals surface area contributed by atoms with Gasteiger partial charge in [-0.2, -0.15) is 0 Å². The number of rotatable bonds is 9. The summed E-state index contributed by atoms with van der Waals surface area (Å²) in [6, 6.07) is 5.80. The summed E-state index contributed by atoms with van der Waals surface area (Å²) in [4.78, 5) is 50.2. The lowest BCUT2D eigenvalue weighted by molar-refractivity contribution is -0.149. The van der Waals surface area contributed by atoms with Crippen molar-refractivity contribution >= 4 is 29.4 Å². The van der Waals surface area contributed by atoms with Gasteiger partial charge < -0.3 is 20.7 Å². The molecule has 1 heterocycles. The highest BCUT2D eigenvalue weighted by Crippen LogP contribution is 2.13. The number of hydrogen-bond donors (Lipinski definition) is 3. The highest BCUT2D eigenvalue weighted by atomic mass is 16.5. The molecular weight excluding hydrogens is 388 g/mol. The van der Waals surface area contributed by atoms with E-state index in [0.29, 0.717) is 37.5 Å². The van der Waals surface area contributed by atoms with Crippen molar-refractivity contribution < 1.29 is 23.9 Å². The van der Waals surface area contributed by atoms with Crippen molar-refractivity contribution in [3.05, 3.63) is 29.8 Å². The number of hydrogen-bond acceptors (Lipinski definition) is 6. The number of piperazine rings is 1. The van der Waals surface area contributed by atoms with Gasteiger partial charge in [-0.1, -0.05) is 13.8 Å². The van der Waals surface area contributed by atoms with Gasteiger partial charge in [0.2, 0.25) is 11.8 Å². The second-order valence-corrected chi connectivity index (χ2v) is 7.54. The molecule has 0 aliphatic carbocycles. The summed E-state index contributed by atoms with van der Waals surface area (Å²) in [5, 5.41) is 8.19. The molecule has 0 saturated carbocycles. The fourth-order valence-corrected chi connectivity index (χ4v) is 3.00. The minimum Gasteiger partial charge on any atom is -0.465 e. The van der Waals surface area contributed by atoms with Gasteiger partial charge in [0.05, 0.1) is 19.6 Å². The summed E-state index contributed by atoms with van der Waals surface area (Å²) in [6.45, 7) is 7.35. The Morgan fingerprint density at radius 3 is 2.57 bits per heavy atom. The molecule has 3 N–H and O–H groups in total. The number of carbonyl (C=O) groups is 4. The van der Waals surface area contributed by atoms with Crippen molar-refractivity contribution in [2.24, 2.45) is 5.92 Å². The van der Waals surface area contributed by atoms with Crippen LogP contribution < -0.4 is 16.0 Å². The largest absolute Gasteiger partial charge is 0.465 e. The van der Waals surface area contributed by atoms with Crippen LogP contribution in [-0.2, 0) is 19.1 Å². The van der Waals surface area contributed by atoms with Crippen molar-refractivity contribution in [3.8, 4) is 0 Å². The standard InChI is InChI=1S/C21H30N4O5/c1-4-22-20(28)15-5-7-16(8-6-15)24-18(26)12-25-10-9-23-21(29)17(25)11-19(27)30-13-14(2)3/h5-8,14,17H,4,9-13H2,1-3H3,(H,22,28)(H,23,29)(H,24,26). The summed E-state index contributed by atoms with van der Waals surface area (Å²) in [5.41, 5.74) is 1.05. The maximum Gasteiger partial charge on any atom is 0.307 e. The predicted molar refractivity (Wildman–Crippen MR) is 112 cm³/mol. The van der Waals surface area contributed by atoms with Gasteiger partial charge in [-0.05, 0) is 37.1 Å². The van der Waals surface area contributed by atoms with Crippen LogP contribution in [0.2, 0.25) is 0 Å². The van der Waals surface area contributed by atoms with E-state index in [4.69, 9.17) is 4.74 Å². The van der Waals surface area contributed by atoms with Crippen LogP contribution in [0.3, 0.4) is 0 Å². The predicted octanol–water partition coefficient (Wildman–Crippen LogP) is 0.765. The monoisotopic (exact) mass is 418 g/mol. The van der Waals surface area contributed by atoms with Gasteiger partial charge in [0.25, 0.3) is 5.91 Å². The van der Waals surface area contributed by atoms with E-state index in [1.165, 1.54) is 0 Å². The molecule has 1 aliphatic rings. The summed E-state index contributed by atoms with van der Waals surface area (Å²) in [5.74, 6) is -1.03. The number of carbonyl (C=O) groups excluding carboxylic acids is 4. The Balaban J connectivity index is 1.93. The second kappa shape index (κ2) is 11.3. The van der Waals surface area contributed by atoms with E-state index in [1.54, 1.807) is 29.2 Å². The summed E-state index contributed by atoms with van der Waals surface area (Å²) in [7, 11) is 0. The van der Waals surface area contributed by atoms with E-state index in [1.807, 2.05) is 20.8 Å². The van der Waals surface area contributed by atoms with Crippen LogP contribution >= 0.6 is 0 Å². The minimum atomic E-state index is -0.746. The first-order valence-electron chi connectivity index (χ1n) is 10.2. The average molecular weight is 418 g/mol. The summed E-state index contributed by atoms with van der Waals surface area (Å²) >= 11 is 0. The zero-order valence-corrected chi connectivity index (χ0v) is 17.7. The lowest BCUT2D eigenvalue weighted by Gasteiger charge is -2.33. The lowest BCUT2D eigenvalue weighted by Crippen LogP contribution is -2.57. The second-order valence-electron chi connectivity index (χ2n) is 7.54. The number of anilines is 1. The lowest BCUT2D eigenvalue weighted by atomic mass is 10.1. The van der Waals surface area contributed by atoms with E-state index < -0.39 is 12.0 Å². The van der Waals surface area contributed by atoms with Crippen LogP contribution in [0.1, 0.15) is 37.6 Å². The van der Waals surface area contributed by atoms with Crippen LogP contribution in [0.25, 0.3) is 0 Å². The highest BCUT2D eigenvalue weighted by Gasteiger charge is 2.33. The molecule has 1 saturated heterocycles. The molecule has 1 unspecified atom stereocenters. The Kier molecular flexibility index (Phi) is 8.79. The summed E-state index contributed by atoms with van der Waals surface area (Å²) in [6.07, 6.45) is -0.104. The van der Waals surface area contributed by atoms with Crippen LogP contribution in [0, 0.1) is 5.92 Å². The van der Waals surface area contributed by atoms with E-state index in [2.05, 4.69) is 16.0 Å². The molecule has 9 heteroatoms. The highest BCUT2D eigenvalue weighted by molar-refractivity contribution is 5.96. The molecule has 30 heavy (non-hydrogen) atoms. The van der Waals surface area contributed by atoms with E-state index in [0.717, 1.165) is 0 Å². The van der Waals surface area contributed by atoms with Crippen molar-refractivity contribution in [2.45, 2.75) is 33.2 Å². The minimum absolute atomic E-state index is 0.0341. The Labute approximate surface area is 176 Å². The molecule has 9 nitrogen and oxygen atoms in total. The van der Waals surface area contributed by atoms with E-state index in [9.17, 15) is 19.2 Å². The third-order valence-electron chi connectivity index (χ3n) is 4.49. The van der Waals surface area contributed by atoms with Crippen LogP contribution in [0.4, 0.5) is 5.69 Å². The van der Waals surface area contributed by atoms with Gasteiger partial charge in [0.15, 0.2) is 0 Å². The van der Waals surface area contributed by atoms with Gasteiger partial charge in [-0.3, -0.25) is 24.1 Å². The molecule has 1 aromatic rings. The Morgan fingerprint density at radius 1 is 1.23 bits per heavy atom. The molecular formula is C21H30N4O5. The number of esters is 1. The number of benzene rings is 1. The molecule has 2 rings (SSSR count). The molecule has 1 fully saturated rings. The fraction of sp³-hybridized carbons (Fsp3) is 0.524. The Bertz CT molecular complexity index is 763. The molecule has 0 aromatic heterocycles. The molecule has 1 atom stereocenters. The molecule has 1 aromatic carbocycles. The topological polar surface area (TPSA) is 117 Å². The first kappa shape index (κ1) is 23.3. The van der Waals surface area contributed by atoms with Gasteiger partial charge >= 0.3 is 5.97 Å².